The van der Waals surface area contributed by atoms with Gasteiger partial charge in [0.25, 0.3) is 5.91 Å². The van der Waals surface area contributed by atoms with Crippen molar-refractivity contribution < 1.29 is 4.79 Å². The van der Waals surface area contributed by atoms with Gasteiger partial charge in [0.15, 0.2) is 0 Å². The molecule has 3 N–H and O–H groups in total. The summed E-state index contributed by atoms with van der Waals surface area (Å²) in [6.45, 7) is 3.84. The van der Waals surface area contributed by atoms with E-state index < -0.39 is 0 Å². The van der Waals surface area contributed by atoms with E-state index in [1.54, 1.807) is 18.2 Å². The molecule has 2 aromatic carbocycles. The molecule has 4 heteroatoms. The third-order valence-electron chi connectivity index (χ3n) is 3.05. The number of amides is 1. The highest BCUT2D eigenvalue weighted by Crippen LogP contribution is 2.22. The first kappa shape index (κ1) is 13.6. The summed E-state index contributed by atoms with van der Waals surface area (Å²) in [5, 5.41) is 2.87. The number of carbonyl (C=O) groups is 1. The van der Waals surface area contributed by atoms with Gasteiger partial charge >= 0.3 is 0 Å². The highest BCUT2D eigenvalue weighted by atomic mass is 79.9. The van der Waals surface area contributed by atoms with E-state index in [4.69, 9.17) is 5.73 Å². The Morgan fingerprint density at radius 3 is 2.63 bits per heavy atom. The Balaban J connectivity index is 2.26. The Bertz CT molecular complexity index is 638. The van der Waals surface area contributed by atoms with Gasteiger partial charge in [-0.25, -0.2) is 0 Å². The lowest BCUT2D eigenvalue weighted by molar-refractivity contribution is 0.102. The van der Waals surface area contributed by atoms with Crippen molar-refractivity contribution in [2.75, 3.05) is 11.1 Å². The Kier molecular flexibility index (Phi) is 3.90. The Labute approximate surface area is 121 Å². The van der Waals surface area contributed by atoms with Crippen LogP contribution < -0.4 is 11.1 Å². The number of hydrogen-bond donors (Lipinski definition) is 2. The van der Waals surface area contributed by atoms with Crippen LogP contribution in [0, 0.1) is 13.8 Å². The summed E-state index contributed by atoms with van der Waals surface area (Å²) in [4.78, 5) is 12.2. The van der Waals surface area contributed by atoms with Crippen LogP contribution in [-0.4, -0.2) is 5.91 Å². The minimum absolute atomic E-state index is 0.152. The lowest BCUT2D eigenvalue weighted by atomic mass is 10.1. The molecule has 0 aromatic heterocycles. The van der Waals surface area contributed by atoms with Crippen molar-refractivity contribution >= 4 is 33.2 Å². The molecular weight excluding hydrogens is 304 g/mol. The lowest BCUT2D eigenvalue weighted by Crippen LogP contribution is -2.14. The van der Waals surface area contributed by atoms with Gasteiger partial charge in [-0.1, -0.05) is 28.1 Å². The average molecular weight is 319 g/mol. The molecule has 0 atom stereocenters. The number of benzene rings is 2. The van der Waals surface area contributed by atoms with Crippen LogP contribution in [0.5, 0.6) is 0 Å². The molecule has 0 aliphatic rings. The zero-order valence-electron chi connectivity index (χ0n) is 10.8. The molecule has 0 fully saturated rings. The molecule has 0 saturated carbocycles. The standard InChI is InChI=1S/C15H15BrN2O/c1-9-6-7-11(8-13(9)16)18-15(19)12-4-3-5-14(17)10(12)2/h3-8H,17H2,1-2H3,(H,18,19). The highest BCUT2D eigenvalue weighted by molar-refractivity contribution is 9.10. The fourth-order valence-electron chi connectivity index (χ4n) is 1.77. The SMILES string of the molecule is Cc1ccc(NC(=O)c2cccc(N)c2C)cc1Br. The number of nitrogens with two attached hydrogens (primary N) is 1. The molecule has 1 amide bonds. The van der Waals surface area contributed by atoms with E-state index >= 15 is 0 Å². The number of hydrogen-bond acceptors (Lipinski definition) is 2. The van der Waals surface area contributed by atoms with Gasteiger partial charge in [0.2, 0.25) is 0 Å². The number of nitrogens with one attached hydrogen (secondary N) is 1. The van der Waals surface area contributed by atoms with E-state index in [1.807, 2.05) is 32.0 Å². The maximum absolute atomic E-state index is 12.2. The molecule has 0 radical (unpaired) electrons. The van der Waals surface area contributed by atoms with Crippen molar-refractivity contribution in [3.05, 3.63) is 57.6 Å². The van der Waals surface area contributed by atoms with Gasteiger partial charge < -0.3 is 11.1 Å². The van der Waals surface area contributed by atoms with E-state index in [9.17, 15) is 4.79 Å². The first-order valence-corrected chi connectivity index (χ1v) is 6.71. The van der Waals surface area contributed by atoms with Gasteiger partial charge in [-0.3, -0.25) is 4.79 Å². The molecule has 98 valence electrons. The second-order valence-corrected chi connectivity index (χ2v) is 5.29. The largest absolute Gasteiger partial charge is 0.398 e. The van der Waals surface area contributed by atoms with Crippen LogP contribution in [0.3, 0.4) is 0 Å². The molecule has 2 aromatic rings. The number of rotatable bonds is 2. The number of carbonyl (C=O) groups excluding carboxylic acids is 1. The predicted molar refractivity (Wildman–Crippen MR) is 82.4 cm³/mol. The molecular formula is C15H15BrN2O. The summed E-state index contributed by atoms with van der Waals surface area (Å²) < 4.78 is 0.967. The minimum Gasteiger partial charge on any atom is -0.398 e. The monoisotopic (exact) mass is 318 g/mol. The van der Waals surface area contributed by atoms with E-state index in [0.717, 1.165) is 21.3 Å². The zero-order valence-corrected chi connectivity index (χ0v) is 12.4. The average Bonchev–Trinajstić information content (AvgIpc) is 2.37. The molecule has 0 unspecified atom stereocenters. The Morgan fingerprint density at radius 1 is 1.21 bits per heavy atom. The summed E-state index contributed by atoms with van der Waals surface area (Å²) >= 11 is 3.45. The van der Waals surface area contributed by atoms with Crippen LogP contribution in [0.25, 0.3) is 0 Å². The fourth-order valence-corrected chi connectivity index (χ4v) is 2.15. The molecule has 0 aliphatic carbocycles. The van der Waals surface area contributed by atoms with Gasteiger partial charge in [0.05, 0.1) is 0 Å². The minimum atomic E-state index is -0.152. The fraction of sp³-hybridized carbons (Fsp3) is 0.133. The molecule has 0 saturated heterocycles. The van der Waals surface area contributed by atoms with Crippen molar-refractivity contribution in [3.8, 4) is 0 Å². The summed E-state index contributed by atoms with van der Waals surface area (Å²) in [6, 6.07) is 11.0. The molecule has 0 spiro atoms. The number of nitrogen functional groups attached to an aromatic ring is 1. The second-order valence-electron chi connectivity index (χ2n) is 4.44. The van der Waals surface area contributed by atoms with E-state index in [2.05, 4.69) is 21.2 Å². The van der Waals surface area contributed by atoms with E-state index in [0.29, 0.717) is 11.3 Å². The van der Waals surface area contributed by atoms with Crippen LogP contribution in [0.15, 0.2) is 40.9 Å². The second kappa shape index (κ2) is 5.45. The van der Waals surface area contributed by atoms with Gasteiger partial charge in [0, 0.05) is 21.4 Å². The first-order valence-electron chi connectivity index (χ1n) is 5.91. The molecule has 0 bridgehead atoms. The van der Waals surface area contributed by atoms with Crippen molar-refractivity contribution in [3.63, 3.8) is 0 Å². The topological polar surface area (TPSA) is 55.1 Å². The first-order chi connectivity index (χ1) is 8.99. The third kappa shape index (κ3) is 2.96. The van der Waals surface area contributed by atoms with Crippen molar-refractivity contribution in [2.45, 2.75) is 13.8 Å². The van der Waals surface area contributed by atoms with Crippen molar-refractivity contribution in [1.29, 1.82) is 0 Å². The quantitative estimate of drug-likeness (QED) is 0.825. The lowest BCUT2D eigenvalue weighted by Gasteiger charge is -2.10. The van der Waals surface area contributed by atoms with Crippen LogP contribution in [0.4, 0.5) is 11.4 Å². The molecule has 0 aliphatic heterocycles. The summed E-state index contributed by atoms with van der Waals surface area (Å²) in [7, 11) is 0. The van der Waals surface area contributed by atoms with E-state index in [-0.39, 0.29) is 5.91 Å². The predicted octanol–water partition coefficient (Wildman–Crippen LogP) is 3.90. The summed E-state index contributed by atoms with van der Waals surface area (Å²) in [6.07, 6.45) is 0. The van der Waals surface area contributed by atoms with Gasteiger partial charge in [0.1, 0.15) is 0 Å². The Morgan fingerprint density at radius 2 is 1.95 bits per heavy atom. The van der Waals surface area contributed by atoms with Crippen molar-refractivity contribution in [2.24, 2.45) is 0 Å². The Hall–Kier alpha value is -1.81. The number of anilines is 2. The molecule has 19 heavy (non-hydrogen) atoms. The number of aryl methyl sites for hydroxylation is 1. The van der Waals surface area contributed by atoms with Crippen LogP contribution in [0.2, 0.25) is 0 Å². The highest BCUT2D eigenvalue weighted by Gasteiger charge is 2.11. The normalized spacial score (nSPS) is 10.3. The van der Waals surface area contributed by atoms with Gasteiger partial charge in [-0.15, -0.1) is 0 Å². The summed E-state index contributed by atoms with van der Waals surface area (Å²) in [5.74, 6) is -0.152. The third-order valence-corrected chi connectivity index (χ3v) is 3.90. The summed E-state index contributed by atoms with van der Waals surface area (Å²) in [5.41, 5.74) is 9.70. The molecule has 3 nitrogen and oxygen atoms in total. The van der Waals surface area contributed by atoms with Crippen LogP contribution >= 0.6 is 15.9 Å². The molecule has 0 heterocycles. The smallest absolute Gasteiger partial charge is 0.256 e. The number of halogens is 1. The van der Waals surface area contributed by atoms with Gasteiger partial charge in [-0.05, 0) is 49.2 Å². The van der Waals surface area contributed by atoms with Crippen molar-refractivity contribution in [1.82, 2.24) is 0 Å². The van der Waals surface area contributed by atoms with Crippen LogP contribution in [-0.2, 0) is 0 Å². The maximum Gasteiger partial charge on any atom is 0.256 e. The maximum atomic E-state index is 12.2. The zero-order chi connectivity index (χ0) is 14.0. The van der Waals surface area contributed by atoms with E-state index in [1.165, 1.54) is 0 Å². The van der Waals surface area contributed by atoms with Gasteiger partial charge in [-0.2, -0.15) is 0 Å². The molecule has 2 rings (SSSR count). The van der Waals surface area contributed by atoms with Crippen LogP contribution in [0.1, 0.15) is 21.5 Å².